The van der Waals surface area contributed by atoms with E-state index in [1.165, 1.54) is 64.5 Å². The van der Waals surface area contributed by atoms with Gasteiger partial charge in [0, 0.05) is 5.54 Å². The molecule has 2 N–H and O–H groups in total. The van der Waals surface area contributed by atoms with Crippen molar-refractivity contribution in [1.82, 2.24) is 4.90 Å². The van der Waals surface area contributed by atoms with Crippen molar-refractivity contribution in [3.63, 3.8) is 0 Å². The van der Waals surface area contributed by atoms with Crippen LogP contribution in [0.3, 0.4) is 0 Å². The SMILES string of the molecule is CN1CCC(CCC2(N)CCCC2)CC1. The van der Waals surface area contributed by atoms with Crippen molar-refractivity contribution in [2.75, 3.05) is 20.1 Å². The third-order valence-electron chi connectivity index (χ3n) is 4.49. The normalized spacial score (nSPS) is 28.4. The second-order valence-electron chi connectivity index (χ2n) is 5.85. The highest BCUT2D eigenvalue weighted by Crippen LogP contribution is 2.33. The molecule has 0 bridgehead atoms. The molecule has 2 fully saturated rings. The molecule has 0 amide bonds. The first-order valence-corrected chi connectivity index (χ1v) is 6.65. The Labute approximate surface area is 94.2 Å². The summed E-state index contributed by atoms with van der Waals surface area (Å²) in [6.45, 7) is 2.59. The number of nitrogens with two attached hydrogens (primary N) is 1. The molecule has 2 aliphatic rings. The van der Waals surface area contributed by atoms with Crippen LogP contribution in [0.1, 0.15) is 51.4 Å². The first kappa shape index (κ1) is 11.4. The Bertz CT molecular complexity index is 189. The van der Waals surface area contributed by atoms with Crippen molar-refractivity contribution in [3.8, 4) is 0 Å². The van der Waals surface area contributed by atoms with E-state index in [4.69, 9.17) is 5.73 Å². The Morgan fingerprint density at radius 3 is 2.40 bits per heavy atom. The molecule has 2 rings (SSSR count). The maximum absolute atomic E-state index is 6.39. The fourth-order valence-electron chi connectivity index (χ4n) is 3.17. The molecule has 1 heterocycles. The van der Waals surface area contributed by atoms with Gasteiger partial charge in [0.1, 0.15) is 0 Å². The quantitative estimate of drug-likeness (QED) is 0.775. The lowest BCUT2D eigenvalue weighted by Crippen LogP contribution is -2.37. The van der Waals surface area contributed by atoms with Crippen LogP contribution >= 0.6 is 0 Å². The Kier molecular flexibility index (Phi) is 3.68. The predicted molar refractivity (Wildman–Crippen MR) is 64.8 cm³/mol. The summed E-state index contributed by atoms with van der Waals surface area (Å²) in [5, 5.41) is 0. The minimum atomic E-state index is 0.226. The molecule has 88 valence electrons. The number of nitrogens with zero attached hydrogens (tertiary/aromatic N) is 1. The second kappa shape index (κ2) is 4.84. The molecule has 0 atom stereocenters. The first-order valence-electron chi connectivity index (χ1n) is 6.65. The van der Waals surface area contributed by atoms with Gasteiger partial charge in [0.05, 0.1) is 0 Å². The number of likely N-dealkylation sites (tertiary alicyclic amines) is 1. The summed E-state index contributed by atoms with van der Waals surface area (Å²) < 4.78 is 0. The Balaban J connectivity index is 1.69. The molecule has 0 aromatic carbocycles. The third kappa shape index (κ3) is 3.18. The molecule has 1 saturated carbocycles. The first-order chi connectivity index (χ1) is 7.18. The van der Waals surface area contributed by atoms with Crippen molar-refractivity contribution in [2.24, 2.45) is 11.7 Å². The molecule has 0 radical (unpaired) electrons. The highest BCUT2D eigenvalue weighted by molar-refractivity contribution is 4.89. The van der Waals surface area contributed by atoms with Crippen molar-refractivity contribution < 1.29 is 0 Å². The van der Waals surface area contributed by atoms with Gasteiger partial charge in [-0.25, -0.2) is 0 Å². The van der Waals surface area contributed by atoms with Gasteiger partial charge in [-0.1, -0.05) is 12.8 Å². The van der Waals surface area contributed by atoms with Crippen LogP contribution in [0.25, 0.3) is 0 Å². The lowest BCUT2D eigenvalue weighted by atomic mass is 9.85. The van der Waals surface area contributed by atoms with E-state index in [0.29, 0.717) is 0 Å². The zero-order valence-electron chi connectivity index (χ0n) is 10.2. The van der Waals surface area contributed by atoms with E-state index < -0.39 is 0 Å². The summed E-state index contributed by atoms with van der Waals surface area (Å²) in [5.41, 5.74) is 6.62. The standard InChI is InChI=1S/C13H26N2/c1-15-10-5-12(6-11-15)4-9-13(14)7-2-3-8-13/h12H,2-11,14H2,1H3. The highest BCUT2D eigenvalue weighted by atomic mass is 15.1. The summed E-state index contributed by atoms with van der Waals surface area (Å²) in [5.74, 6) is 0.960. The maximum Gasteiger partial charge on any atom is 0.0154 e. The van der Waals surface area contributed by atoms with Crippen LogP contribution in [-0.2, 0) is 0 Å². The average Bonchev–Trinajstić information content (AvgIpc) is 2.65. The summed E-state index contributed by atoms with van der Waals surface area (Å²) in [6.07, 6.45) is 10.7. The molecule has 0 spiro atoms. The average molecular weight is 210 g/mol. The Morgan fingerprint density at radius 2 is 1.80 bits per heavy atom. The fraction of sp³-hybridized carbons (Fsp3) is 1.00. The van der Waals surface area contributed by atoms with E-state index in [2.05, 4.69) is 11.9 Å². The van der Waals surface area contributed by atoms with E-state index in [1.807, 2.05) is 0 Å². The molecular formula is C13H26N2. The monoisotopic (exact) mass is 210 g/mol. The summed E-state index contributed by atoms with van der Waals surface area (Å²) in [7, 11) is 2.23. The van der Waals surface area contributed by atoms with Crippen LogP contribution in [0.4, 0.5) is 0 Å². The molecule has 1 aliphatic heterocycles. The smallest absolute Gasteiger partial charge is 0.0154 e. The van der Waals surface area contributed by atoms with Crippen LogP contribution in [0.15, 0.2) is 0 Å². The second-order valence-corrected chi connectivity index (χ2v) is 5.85. The molecule has 1 saturated heterocycles. The zero-order valence-corrected chi connectivity index (χ0v) is 10.2. The minimum Gasteiger partial charge on any atom is -0.325 e. The molecule has 2 heteroatoms. The van der Waals surface area contributed by atoms with Gasteiger partial charge in [0.15, 0.2) is 0 Å². The number of rotatable bonds is 3. The number of hydrogen-bond donors (Lipinski definition) is 1. The largest absolute Gasteiger partial charge is 0.325 e. The van der Waals surface area contributed by atoms with E-state index in [-0.39, 0.29) is 5.54 Å². The van der Waals surface area contributed by atoms with Crippen LogP contribution in [0.2, 0.25) is 0 Å². The molecule has 0 unspecified atom stereocenters. The fourth-order valence-corrected chi connectivity index (χ4v) is 3.17. The summed E-state index contributed by atoms with van der Waals surface area (Å²) in [6, 6.07) is 0. The highest BCUT2D eigenvalue weighted by Gasteiger charge is 2.30. The topological polar surface area (TPSA) is 29.3 Å². The van der Waals surface area contributed by atoms with Gasteiger partial charge in [0.25, 0.3) is 0 Å². The van der Waals surface area contributed by atoms with Gasteiger partial charge in [0.2, 0.25) is 0 Å². The van der Waals surface area contributed by atoms with E-state index >= 15 is 0 Å². The van der Waals surface area contributed by atoms with Crippen LogP contribution < -0.4 is 5.73 Å². The molecular weight excluding hydrogens is 184 g/mol. The van der Waals surface area contributed by atoms with Crippen molar-refractivity contribution >= 4 is 0 Å². The van der Waals surface area contributed by atoms with Crippen molar-refractivity contribution in [2.45, 2.75) is 56.9 Å². The van der Waals surface area contributed by atoms with Crippen LogP contribution in [0, 0.1) is 5.92 Å². The van der Waals surface area contributed by atoms with Gasteiger partial charge in [-0.15, -0.1) is 0 Å². The summed E-state index contributed by atoms with van der Waals surface area (Å²) >= 11 is 0. The van der Waals surface area contributed by atoms with E-state index in [9.17, 15) is 0 Å². The zero-order chi connectivity index (χ0) is 10.7. The van der Waals surface area contributed by atoms with Crippen LogP contribution in [0.5, 0.6) is 0 Å². The summed E-state index contributed by atoms with van der Waals surface area (Å²) in [4.78, 5) is 2.45. The lowest BCUT2D eigenvalue weighted by molar-refractivity contribution is 0.200. The van der Waals surface area contributed by atoms with Gasteiger partial charge in [-0.2, -0.15) is 0 Å². The van der Waals surface area contributed by atoms with Gasteiger partial charge in [-0.3, -0.25) is 0 Å². The molecule has 0 aromatic heterocycles. The van der Waals surface area contributed by atoms with Crippen molar-refractivity contribution in [1.29, 1.82) is 0 Å². The predicted octanol–water partition coefficient (Wildman–Crippen LogP) is 2.38. The minimum absolute atomic E-state index is 0.226. The third-order valence-corrected chi connectivity index (χ3v) is 4.49. The van der Waals surface area contributed by atoms with Crippen LogP contribution in [-0.4, -0.2) is 30.6 Å². The van der Waals surface area contributed by atoms with E-state index in [1.54, 1.807) is 0 Å². The molecule has 2 nitrogen and oxygen atoms in total. The Morgan fingerprint density at radius 1 is 1.20 bits per heavy atom. The molecule has 1 aliphatic carbocycles. The molecule has 15 heavy (non-hydrogen) atoms. The Hall–Kier alpha value is -0.0800. The lowest BCUT2D eigenvalue weighted by Gasteiger charge is -2.31. The van der Waals surface area contributed by atoms with Gasteiger partial charge in [-0.05, 0) is 64.6 Å². The maximum atomic E-state index is 6.39. The van der Waals surface area contributed by atoms with Crippen molar-refractivity contribution in [3.05, 3.63) is 0 Å². The number of hydrogen-bond acceptors (Lipinski definition) is 2. The number of piperidine rings is 1. The molecule has 0 aromatic rings. The van der Waals surface area contributed by atoms with E-state index in [0.717, 1.165) is 5.92 Å². The van der Waals surface area contributed by atoms with Gasteiger partial charge >= 0.3 is 0 Å². The van der Waals surface area contributed by atoms with Gasteiger partial charge < -0.3 is 10.6 Å².